The number of nitrogens with zero attached hydrogens (tertiary/aromatic N) is 1. The molecule has 16 heavy (non-hydrogen) atoms. The lowest BCUT2D eigenvalue weighted by atomic mass is 9.62. The fraction of sp³-hybridized carbons (Fsp3) is 1.00. The van der Waals surface area contributed by atoms with Crippen LogP contribution < -0.4 is 5.73 Å². The Hall–Kier alpha value is -0.480. The van der Waals surface area contributed by atoms with E-state index in [1.807, 2.05) is 0 Å². The van der Waals surface area contributed by atoms with Gasteiger partial charge in [0, 0.05) is 12.0 Å². The first-order chi connectivity index (χ1) is 7.65. The van der Waals surface area contributed by atoms with E-state index < -0.39 is 6.10 Å². The Balaban J connectivity index is 2.16. The molecular weight excluding hydrogens is 204 g/mol. The summed E-state index contributed by atoms with van der Waals surface area (Å²) in [4.78, 5) is 10.9. The average Bonchev–Trinajstić information content (AvgIpc) is 2.29. The van der Waals surface area contributed by atoms with Crippen molar-refractivity contribution in [3.63, 3.8) is 0 Å². The highest BCUT2D eigenvalue weighted by Gasteiger charge is 2.45. The van der Waals surface area contributed by atoms with E-state index in [0.717, 1.165) is 12.8 Å². The maximum absolute atomic E-state index is 10.9. The van der Waals surface area contributed by atoms with Crippen LogP contribution in [0, 0.1) is 22.7 Å². The average molecular weight is 226 g/mol. The molecule has 92 valence electrons. The molecule has 0 aliphatic heterocycles. The highest BCUT2D eigenvalue weighted by atomic mass is 16.3. The Kier molecular flexibility index (Phi) is 3.60. The molecule has 0 aromatic rings. The lowest BCUT2D eigenvalue weighted by Crippen LogP contribution is -2.54. The number of nitroso groups, excluding NO2 is 1. The standard InChI is InChI=1S/C12H22N2O2/c1-7(15)10-6-8-4-2-3-5-9(8)11(13)12(10)14-16/h7-12,15H,2-6,13H2,1H3/t7-,8?,9?,10?,11?,12?/m1/s1. The van der Waals surface area contributed by atoms with Gasteiger partial charge in [-0.05, 0) is 31.6 Å². The number of hydrogen-bond donors (Lipinski definition) is 2. The summed E-state index contributed by atoms with van der Waals surface area (Å²) in [6.07, 6.45) is 5.26. The molecule has 0 amide bonds. The zero-order valence-corrected chi connectivity index (χ0v) is 9.88. The molecular formula is C12H22N2O2. The van der Waals surface area contributed by atoms with Crippen molar-refractivity contribution in [2.45, 2.75) is 57.2 Å². The van der Waals surface area contributed by atoms with Crippen LogP contribution in [0.15, 0.2) is 5.18 Å². The number of fused-ring (bicyclic) bond motifs is 1. The number of hydrogen-bond acceptors (Lipinski definition) is 4. The van der Waals surface area contributed by atoms with Gasteiger partial charge in [-0.3, -0.25) is 0 Å². The zero-order valence-electron chi connectivity index (χ0n) is 9.88. The van der Waals surface area contributed by atoms with Crippen LogP contribution in [0.5, 0.6) is 0 Å². The van der Waals surface area contributed by atoms with Crippen LogP contribution in [0.2, 0.25) is 0 Å². The molecule has 0 saturated heterocycles. The van der Waals surface area contributed by atoms with Crippen molar-refractivity contribution in [2.24, 2.45) is 28.7 Å². The molecule has 4 heteroatoms. The van der Waals surface area contributed by atoms with Gasteiger partial charge in [-0.2, -0.15) is 4.91 Å². The number of aliphatic hydroxyl groups is 1. The van der Waals surface area contributed by atoms with Crippen LogP contribution in [0.4, 0.5) is 0 Å². The molecule has 0 heterocycles. The van der Waals surface area contributed by atoms with Gasteiger partial charge in [-0.25, -0.2) is 0 Å². The van der Waals surface area contributed by atoms with Crippen molar-refractivity contribution < 1.29 is 5.11 Å². The molecule has 2 aliphatic rings. The Bertz CT molecular complexity index is 257. The van der Waals surface area contributed by atoms with E-state index >= 15 is 0 Å². The first kappa shape index (κ1) is 12.0. The molecule has 2 fully saturated rings. The van der Waals surface area contributed by atoms with Gasteiger partial charge in [-0.15, -0.1) is 0 Å². The van der Waals surface area contributed by atoms with Crippen LogP contribution >= 0.6 is 0 Å². The summed E-state index contributed by atoms with van der Waals surface area (Å²) in [6.45, 7) is 1.75. The van der Waals surface area contributed by atoms with E-state index in [2.05, 4.69) is 5.18 Å². The number of nitrogens with two attached hydrogens (primary N) is 1. The van der Waals surface area contributed by atoms with E-state index in [1.54, 1.807) is 6.92 Å². The second kappa shape index (κ2) is 4.80. The normalized spacial score (nSPS) is 45.8. The molecule has 2 rings (SSSR count). The molecule has 0 aromatic heterocycles. The second-order valence-corrected chi connectivity index (χ2v) is 5.52. The van der Waals surface area contributed by atoms with Gasteiger partial charge in [0.1, 0.15) is 6.04 Å². The summed E-state index contributed by atoms with van der Waals surface area (Å²) in [5.74, 6) is 1.01. The van der Waals surface area contributed by atoms with Gasteiger partial charge < -0.3 is 10.8 Å². The van der Waals surface area contributed by atoms with Gasteiger partial charge in [0.05, 0.1) is 6.10 Å². The predicted molar refractivity (Wildman–Crippen MR) is 62.8 cm³/mol. The molecule has 3 N–H and O–H groups in total. The topological polar surface area (TPSA) is 75.7 Å². The highest BCUT2D eigenvalue weighted by Crippen LogP contribution is 2.44. The van der Waals surface area contributed by atoms with Crippen molar-refractivity contribution in [3.05, 3.63) is 4.91 Å². The van der Waals surface area contributed by atoms with Crippen LogP contribution in [-0.2, 0) is 0 Å². The fourth-order valence-corrected chi connectivity index (χ4v) is 3.69. The fourth-order valence-electron chi connectivity index (χ4n) is 3.69. The highest BCUT2D eigenvalue weighted by molar-refractivity contribution is 5.00. The van der Waals surface area contributed by atoms with Crippen molar-refractivity contribution in [1.29, 1.82) is 0 Å². The van der Waals surface area contributed by atoms with Crippen molar-refractivity contribution in [3.8, 4) is 0 Å². The minimum Gasteiger partial charge on any atom is -0.393 e. The summed E-state index contributed by atoms with van der Waals surface area (Å²) >= 11 is 0. The molecule has 0 radical (unpaired) electrons. The lowest BCUT2D eigenvalue weighted by molar-refractivity contribution is 0.0189. The predicted octanol–water partition coefficient (Wildman–Crippen LogP) is 1.66. The van der Waals surface area contributed by atoms with E-state index in [9.17, 15) is 10.0 Å². The minimum absolute atomic E-state index is 0.0353. The van der Waals surface area contributed by atoms with Crippen molar-refractivity contribution >= 4 is 0 Å². The van der Waals surface area contributed by atoms with Crippen LogP contribution in [-0.4, -0.2) is 23.3 Å². The monoisotopic (exact) mass is 226 g/mol. The van der Waals surface area contributed by atoms with Gasteiger partial charge >= 0.3 is 0 Å². The molecule has 6 atom stereocenters. The molecule has 0 aromatic carbocycles. The van der Waals surface area contributed by atoms with Gasteiger partial charge in [-0.1, -0.05) is 24.4 Å². The number of aliphatic hydroxyl groups excluding tert-OH is 1. The minimum atomic E-state index is -0.475. The lowest BCUT2D eigenvalue weighted by Gasteiger charge is -2.46. The summed E-state index contributed by atoms with van der Waals surface area (Å²) < 4.78 is 0. The van der Waals surface area contributed by atoms with Crippen LogP contribution in [0.1, 0.15) is 39.0 Å². The van der Waals surface area contributed by atoms with Crippen molar-refractivity contribution in [2.75, 3.05) is 0 Å². The maximum Gasteiger partial charge on any atom is 0.112 e. The maximum atomic E-state index is 10.9. The second-order valence-electron chi connectivity index (χ2n) is 5.52. The molecule has 4 nitrogen and oxygen atoms in total. The molecule has 0 bridgehead atoms. The van der Waals surface area contributed by atoms with Crippen LogP contribution in [0.25, 0.3) is 0 Å². The molecule has 5 unspecified atom stereocenters. The molecule has 2 aliphatic carbocycles. The molecule has 0 spiro atoms. The third-order valence-electron chi connectivity index (χ3n) is 4.61. The summed E-state index contributed by atoms with van der Waals surface area (Å²) in [6, 6.07) is -0.532. The Morgan fingerprint density at radius 2 is 2.06 bits per heavy atom. The van der Waals surface area contributed by atoms with E-state index in [-0.39, 0.29) is 18.0 Å². The van der Waals surface area contributed by atoms with Gasteiger partial charge in [0.2, 0.25) is 0 Å². The number of rotatable bonds is 2. The van der Waals surface area contributed by atoms with E-state index in [4.69, 9.17) is 5.73 Å². The van der Waals surface area contributed by atoms with E-state index in [0.29, 0.717) is 11.8 Å². The van der Waals surface area contributed by atoms with Crippen molar-refractivity contribution in [1.82, 2.24) is 0 Å². The summed E-state index contributed by atoms with van der Waals surface area (Å²) in [5.41, 5.74) is 6.17. The first-order valence-electron chi connectivity index (χ1n) is 6.41. The quantitative estimate of drug-likeness (QED) is 0.703. The molecule has 2 saturated carbocycles. The third-order valence-corrected chi connectivity index (χ3v) is 4.61. The summed E-state index contributed by atoms with van der Waals surface area (Å²) in [7, 11) is 0. The summed E-state index contributed by atoms with van der Waals surface area (Å²) in [5, 5.41) is 12.9. The Morgan fingerprint density at radius 3 is 2.69 bits per heavy atom. The Labute approximate surface area is 96.6 Å². The SMILES string of the molecule is C[C@@H](O)C1CC2CCCCC2C(N)C1N=O. The third kappa shape index (κ3) is 2.00. The van der Waals surface area contributed by atoms with Gasteiger partial charge in [0.15, 0.2) is 0 Å². The smallest absolute Gasteiger partial charge is 0.112 e. The zero-order chi connectivity index (χ0) is 11.7. The Morgan fingerprint density at radius 1 is 1.38 bits per heavy atom. The van der Waals surface area contributed by atoms with E-state index in [1.165, 1.54) is 19.3 Å². The van der Waals surface area contributed by atoms with Crippen LogP contribution in [0.3, 0.4) is 0 Å². The largest absolute Gasteiger partial charge is 0.393 e. The first-order valence-corrected chi connectivity index (χ1v) is 6.41. The van der Waals surface area contributed by atoms with Gasteiger partial charge in [0.25, 0.3) is 0 Å².